The number of hydrogen-bond donors (Lipinski definition) is 0. The van der Waals surface area contributed by atoms with Crippen LogP contribution in [0.2, 0.25) is 0 Å². The van der Waals surface area contributed by atoms with E-state index in [2.05, 4.69) is 6.92 Å². The molecule has 7 heteroatoms. The molecule has 2 aliphatic heterocycles. The summed E-state index contributed by atoms with van der Waals surface area (Å²) in [6.07, 6.45) is 6.05. The molecule has 0 unspecified atom stereocenters. The fourth-order valence-electron chi connectivity index (χ4n) is 3.46. The van der Waals surface area contributed by atoms with Crippen LogP contribution in [0, 0.1) is 0 Å². The molecule has 3 rings (SSSR count). The van der Waals surface area contributed by atoms with Crippen LogP contribution in [0.25, 0.3) is 0 Å². The van der Waals surface area contributed by atoms with Crippen molar-refractivity contribution in [1.82, 2.24) is 8.61 Å². The second-order valence-electron chi connectivity index (χ2n) is 6.28. The number of nitrogens with zero attached hydrogens (tertiary/aromatic N) is 2. The summed E-state index contributed by atoms with van der Waals surface area (Å²) in [7, 11) is -3.47. The molecule has 0 amide bonds. The maximum Gasteiger partial charge on any atom is 0.282 e. The molecule has 1 aromatic heterocycles. The first-order valence-electron chi connectivity index (χ1n) is 8.55. The maximum absolute atomic E-state index is 13.1. The Kier molecular flexibility index (Phi) is 5.41. The highest BCUT2D eigenvalue weighted by Gasteiger charge is 2.41. The summed E-state index contributed by atoms with van der Waals surface area (Å²) in [4.78, 5) is 0. The number of piperidine rings is 1. The number of ether oxygens (including phenoxy) is 1. The van der Waals surface area contributed by atoms with Crippen molar-refractivity contribution in [2.45, 2.75) is 51.2 Å². The molecule has 2 saturated heterocycles. The highest BCUT2D eigenvalue weighted by atomic mass is 32.2. The van der Waals surface area contributed by atoms with Crippen LogP contribution in [-0.2, 0) is 14.9 Å². The van der Waals surface area contributed by atoms with Crippen LogP contribution in [-0.4, -0.2) is 49.4 Å². The molecule has 1 aromatic rings. The van der Waals surface area contributed by atoms with Crippen LogP contribution in [0.15, 0.2) is 22.8 Å². The Labute approximate surface area is 138 Å². The van der Waals surface area contributed by atoms with Crippen molar-refractivity contribution < 1.29 is 17.6 Å². The number of furan rings is 1. The van der Waals surface area contributed by atoms with Crippen molar-refractivity contribution >= 4 is 10.2 Å². The van der Waals surface area contributed by atoms with E-state index in [4.69, 9.17) is 9.15 Å². The minimum atomic E-state index is -3.47. The van der Waals surface area contributed by atoms with E-state index >= 15 is 0 Å². The SMILES string of the molecule is CCCO[C@@H]1CCCN(S(=O)(=O)N2CCC[C@H]2c2ccco2)C1. The average Bonchev–Trinajstić information content (AvgIpc) is 3.23. The molecule has 0 spiro atoms. The zero-order valence-corrected chi connectivity index (χ0v) is 14.5. The van der Waals surface area contributed by atoms with E-state index in [9.17, 15) is 8.42 Å². The summed E-state index contributed by atoms with van der Waals surface area (Å²) in [6, 6.07) is 3.50. The standard InChI is InChI=1S/C16H26N2O4S/c1-2-11-21-14-6-3-9-17(13-14)23(19,20)18-10-4-7-15(18)16-8-5-12-22-16/h5,8,12,14-15H,2-4,6-7,9-11,13H2,1H3/t14-,15+/m1/s1. The zero-order valence-electron chi connectivity index (χ0n) is 13.7. The minimum absolute atomic E-state index is 0.0168. The highest BCUT2D eigenvalue weighted by molar-refractivity contribution is 7.86. The van der Waals surface area contributed by atoms with E-state index in [1.165, 1.54) is 0 Å². The minimum Gasteiger partial charge on any atom is -0.468 e. The topological polar surface area (TPSA) is 63.0 Å². The summed E-state index contributed by atoms with van der Waals surface area (Å²) in [6.45, 7) is 4.36. The lowest BCUT2D eigenvalue weighted by atomic mass is 10.1. The van der Waals surface area contributed by atoms with E-state index in [1.807, 2.05) is 12.1 Å². The second-order valence-corrected chi connectivity index (χ2v) is 8.17. The van der Waals surface area contributed by atoms with Crippen LogP contribution in [0.5, 0.6) is 0 Å². The molecule has 6 nitrogen and oxygen atoms in total. The van der Waals surface area contributed by atoms with Gasteiger partial charge in [-0.15, -0.1) is 0 Å². The average molecular weight is 342 g/mol. The first-order chi connectivity index (χ1) is 11.1. The number of hydrogen-bond acceptors (Lipinski definition) is 4. The Morgan fingerprint density at radius 2 is 2.13 bits per heavy atom. The molecule has 0 bridgehead atoms. The van der Waals surface area contributed by atoms with Gasteiger partial charge in [-0.05, 0) is 44.2 Å². The van der Waals surface area contributed by atoms with Gasteiger partial charge in [-0.1, -0.05) is 6.92 Å². The van der Waals surface area contributed by atoms with Gasteiger partial charge in [-0.3, -0.25) is 0 Å². The summed E-state index contributed by atoms with van der Waals surface area (Å²) >= 11 is 0. The third-order valence-corrected chi connectivity index (χ3v) is 6.61. The Bertz CT molecular complexity index is 587. The normalized spacial score (nSPS) is 27.5. The molecular weight excluding hydrogens is 316 g/mol. The molecule has 3 heterocycles. The van der Waals surface area contributed by atoms with Crippen molar-refractivity contribution in [1.29, 1.82) is 0 Å². The van der Waals surface area contributed by atoms with Crippen LogP contribution >= 0.6 is 0 Å². The van der Waals surface area contributed by atoms with Crippen LogP contribution < -0.4 is 0 Å². The largest absolute Gasteiger partial charge is 0.468 e. The maximum atomic E-state index is 13.1. The van der Waals surface area contributed by atoms with Crippen molar-refractivity contribution in [3.8, 4) is 0 Å². The van der Waals surface area contributed by atoms with Gasteiger partial charge in [0.05, 0.1) is 18.4 Å². The molecule has 0 radical (unpaired) electrons. The molecule has 23 heavy (non-hydrogen) atoms. The van der Waals surface area contributed by atoms with E-state index in [1.54, 1.807) is 14.9 Å². The van der Waals surface area contributed by atoms with Gasteiger partial charge in [0.25, 0.3) is 10.2 Å². The van der Waals surface area contributed by atoms with Gasteiger partial charge in [0, 0.05) is 26.2 Å². The fourth-order valence-corrected chi connectivity index (χ4v) is 5.37. The lowest BCUT2D eigenvalue weighted by Crippen LogP contribution is -2.49. The van der Waals surface area contributed by atoms with E-state index in [-0.39, 0.29) is 12.1 Å². The van der Waals surface area contributed by atoms with Gasteiger partial charge in [0.2, 0.25) is 0 Å². The third-order valence-electron chi connectivity index (χ3n) is 4.60. The smallest absolute Gasteiger partial charge is 0.282 e. The molecule has 130 valence electrons. The van der Waals surface area contributed by atoms with Gasteiger partial charge in [-0.2, -0.15) is 17.0 Å². The summed E-state index contributed by atoms with van der Waals surface area (Å²) < 4.78 is 40.6. The quantitative estimate of drug-likeness (QED) is 0.797. The van der Waals surface area contributed by atoms with E-state index < -0.39 is 10.2 Å². The lowest BCUT2D eigenvalue weighted by Gasteiger charge is -2.35. The predicted molar refractivity (Wildman–Crippen MR) is 87.1 cm³/mol. The molecule has 0 aromatic carbocycles. The van der Waals surface area contributed by atoms with Crippen molar-refractivity contribution in [3.05, 3.63) is 24.2 Å². The third kappa shape index (κ3) is 3.63. The molecule has 2 atom stereocenters. The Hall–Kier alpha value is -0.890. The van der Waals surface area contributed by atoms with Gasteiger partial charge >= 0.3 is 0 Å². The van der Waals surface area contributed by atoms with Gasteiger partial charge in [0.15, 0.2) is 0 Å². The molecule has 2 fully saturated rings. The lowest BCUT2D eigenvalue weighted by molar-refractivity contribution is 0.0179. The van der Waals surface area contributed by atoms with Crippen LogP contribution in [0.4, 0.5) is 0 Å². The predicted octanol–water partition coefficient (Wildman–Crippen LogP) is 2.55. The van der Waals surface area contributed by atoms with E-state index in [0.717, 1.165) is 37.9 Å². The van der Waals surface area contributed by atoms with Gasteiger partial charge in [-0.25, -0.2) is 0 Å². The molecule has 0 saturated carbocycles. The van der Waals surface area contributed by atoms with Crippen LogP contribution in [0.1, 0.15) is 50.8 Å². The zero-order chi connectivity index (χ0) is 16.3. The summed E-state index contributed by atoms with van der Waals surface area (Å²) in [5.74, 6) is 0.738. The van der Waals surface area contributed by atoms with Crippen molar-refractivity contribution in [2.75, 3.05) is 26.2 Å². The Balaban J connectivity index is 1.72. The van der Waals surface area contributed by atoms with Crippen molar-refractivity contribution in [3.63, 3.8) is 0 Å². The van der Waals surface area contributed by atoms with Gasteiger partial charge < -0.3 is 9.15 Å². The molecule has 2 aliphatic rings. The summed E-state index contributed by atoms with van der Waals surface area (Å²) in [5.41, 5.74) is 0. The number of rotatable bonds is 6. The molecule has 0 aliphatic carbocycles. The Morgan fingerprint density at radius 3 is 2.87 bits per heavy atom. The fraction of sp³-hybridized carbons (Fsp3) is 0.750. The first kappa shape index (κ1) is 17.0. The second kappa shape index (κ2) is 7.34. The van der Waals surface area contributed by atoms with Crippen LogP contribution in [0.3, 0.4) is 0 Å². The monoisotopic (exact) mass is 342 g/mol. The van der Waals surface area contributed by atoms with Crippen molar-refractivity contribution in [2.24, 2.45) is 0 Å². The molecule has 0 N–H and O–H groups in total. The Morgan fingerprint density at radius 1 is 1.30 bits per heavy atom. The summed E-state index contributed by atoms with van der Waals surface area (Å²) in [5, 5.41) is 0. The van der Waals surface area contributed by atoms with E-state index in [0.29, 0.717) is 26.2 Å². The highest BCUT2D eigenvalue weighted by Crippen LogP contribution is 2.36. The first-order valence-corrected chi connectivity index (χ1v) is 9.94. The molecular formula is C16H26N2O4S. The van der Waals surface area contributed by atoms with Gasteiger partial charge in [0.1, 0.15) is 5.76 Å².